The molecule has 2 N–H and O–H groups in total. The molecule has 1 unspecified atom stereocenters. The number of aromatic nitrogens is 2. The largest absolute Gasteiger partial charge is 0.481 e. The van der Waals surface area contributed by atoms with Crippen molar-refractivity contribution in [1.82, 2.24) is 14.9 Å². The molecule has 1 aliphatic rings. The van der Waals surface area contributed by atoms with Gasteiger partial charge in [-0.15, -0.1) is 0 Å². The molecule has 0 spiro atoms. The number of nitrogens with two attached hydrogens (primary N) is 1. The van der Waals surface area contributed by atoms with E-state index in [0.717, 1.165) is 37.8 Å². The minimum atomic E-state index is 0.440. The molecule has 0 aliphatic carbocycles. The second kappa shape index (κ2) is 6.16. The van der Waals surface area contributed by atoms with Gasteiger partial charge in [0.2, 0.25) is 11.8 Å². The van der Waals surface area contributed by atoms with Crippen LogP contribution in [-0.2, 0) is 0 Å². The lowest BCUT2D eigenvalue weighted by Gasteiger charge is -2.37. The molecule has 19 heavy (non-hydrogen) atoms. The molecule has 6 nitrogen and oxygen atoms in total. The Kier molecular flexibility index (Phi) is 4.55. The highest BCUT2D eigenvalue weighted by molar-refractivity contribution is 5.35. The molecule has 1 saturated heterocycles. The van der Waals surface area contributed by atoms with Gasteiger partial charge in [-0.25, -0.2) is 4.98 Å². The molecule has 1 aromatic rings. The zero-order chi connectivity index (χ0) is 13.8. The van der Waals surface area contributed by atoms with E-state index in [9.17, 15) is 0 Å². The lowest BCUT2D eigenvalue weighted by Crippen LogP contribution is -2.51. The SMILES string of the molecule is COc1cc(C)nc(N2CCN(C(C)CN)CC2)n1. The molecule has 2 rings (SSSR count). The van der Waals surface area contributed by atoms with Crippen molar-refractivity contribution in [2.75, 3.05) is 44.7 Å². The number of hydrogen-bond donors (Lipinski definition) is 1. The van der Waals surface area contributed by atoms with Gasteiger partial charge in [0.15, 0.2) is 0 Å². The van der Waals surface area contributed by atoms with E-state index in [2.05, 4.69) is 26.7 Å². The van der Waals surface area contributed by atoms with Gasteiger partial charge in [0, 0.05) is 50.5 Å². The summed E-state index contributed by atoms with van der Waals surface area (Å²) in [6.07, 6.45) is 0. The van der Waals surface area contributed by atoms with Crippen LogP contribution in [0.4, 0.5) is 5.95 Å². The highest BCUT2D eigenvalue weighted by atomic mass is 16.5. The van der Waals surface area contributed by atoms with Crippen LogP contribution in [0.25, 0.3) is 0 Å². The molecule has 2 heterocycles. The Morgan fingerprint density at radius 1 is 1.32 bits per heavy atom. The van der Waals surface area contributed by atoms with Crippen molar-refractivity contribution >= 4 is 5.95 Å². The molecule has 1 fully saturated rings. The monoisotopic (exact) mass is 265 g/mol. The van der Waals surface area contributed by atoms with Gasteiger partial charge in [0.05, 0.1) is 7.11 Å². The summed E-state index contributed by atoms with van der Waals surface area (Å²) >= 11 is 0. The topological polar surface area (TPSA) is 67.5 Å². The molecule has 0 saturated carbocycles. The maximum Gasteiger partial charge on any atom is 0.228 e. The van der Waals surface area contributed by atoms with Crippen molar-refractivity contribution in [2.24, 2.45) is 5.73 Å². The number of aryl methyl sites for hydroxylation is 1. The van der Waals surface area contributed by atoms with Gasteiger partial charge in [-0.2, -0.15) is 4.98 Å². The smallest absolute Gasteiger partial charge is 0.228 e. The van der Waals surface area contributed by atoms with Crippen molar-refractivity contribution in [3.05, 3.63) is 11.8 Å². The first kappa shape index (κ1) is 14.0. The van der Waals surface area contributed by atoms with E-state index in [1.54, 1.807) is 7.11 Å². The van der Waals surface area contributed by atoms with Gasteiger partial charge in [-0.05, 0) is 13.8 Å². The summed E-state index contributed by atoms with van der Waals surface area (Å²) in [5, 5.41) is 0. The Labute approximate surface area is 114 Å². The number of nitrogens with zero attached hydrogens (tertiary/aromatic N) is 4. The third-order valence-electron chi connectivity index (χ3n) is 3.59. The molecule has 0 aromatic carbocycles. The molecule has 0 radical (unpaired) electrons. The van der Waals surface area contributed by atoms with Gasteiger partial charge in [0.1, 0.15) is 0 Å². The van der Waals surface area contributed by atoms with E-state index in [4.69, 9.17) is 10.5 Å². The fourth-order valence-corrected chi connectivity index (χ4v) is 2.28. The number of anilines is 1. The third-order valence-corrected chi connectivity index (χ3v) is 3.59. The Hall–Kier alpha value is -1.40. The third kappa shape index (κ3) is 3.33. The van der Waals surface area contributed by atoms with Gasteiger partial charge in [-0.3, -0.25) is 4.90 Å². The molecule has 1 aliphatic heterocycles. The molecule has 0 bridgehead atoms. The lowest BCUT2D eigenvalue weighted by molar-refractivity contribution is 0.200. The highest BCUT2D eigenvalue weighted by Gasteiger charge is 2.22. The van der Waals surface area contributed by atoms with E-state index in [-0.39, 0.29) is 0 Å². The lowest BCUT2D eigenvalue weighted by atomic mass is 10.2. The van der Waals surface area contributed by atoms with E-state index < -0.39 is 0 Å². The van der Waals surface area contributed by atoms with Gasteiger partial charge >= 0.3 is 0 Å². The summed E-state index contributed by atoms with van der Waals surface area (Å²) in [4.78, 5) is 13.5. The molecule has 1 atom stereocenters. The van der Waals surface area contributed by atoms with Crippen LogP contribution in [0, 0.1) is 6.92 Å². The molecule has 0 amide bonds. The quantitative estimate of drug-likeness (QED) is 0.842. The van der Waals surface area contributed by atoms with Gasteiger partial charge in [-0.1, -0.05) is 0 Å². The normalized spacial score (nSPS) is 18.4. The van der Waals surface area contributed by atoms with Crippen molar-refractivity contribution in [3.8, 4) is 5.88 Å². The minimum absolute atomic E-state index is 0.440. The number of ether oxygens (including phenoxy) is 1. The van der Waals surface area contributed by atoms with Crippen molar-refractivity contribution in [1.29, 1.82) is 0 Å². The number of piperazine rings is 1. The van der Waals surface area contributed by atoms with Crippen LogP contribution in [0.3, 0.4) is 0 Å². The minimum Gasteiger partial charge on any atom is -0.481 e. The Morgan fingerprint density at radius 2 is 2.00 bits per heavy atom. The Bertz CT molecular complexity index is 417. The maximum atomic E-state index is 5.71. The number of methoxy groups -OCH3 is 1. The van der Waals surface area contributed by atoms with Crippen LogP contribution in [-0.4, -0.2) is 60.7 Å². The summed E-state index contributed by atoms with van der Waals surface area (Å²) in [7, 11) is 1.63. The predicted octanol–water partition coefficient (Wildman–Crippen LogP) is 0.263. The van der Waals surface area contributed by atoms with Crippen LogP contribution in [0.1, 0.15) is 12.6 Å². The highest BCUT2D eigenvalue weighted by Crippen LogP contribution is 2.17. The Morgan fingerprint density at radius 3 is 2.58 bits per heavy atom. The molecule has 1 aromatic heterocycles. The average molecular weight is 265 g/mol. The van der Waals surface area contributed by atoms with Crippen molar-refractivity contribution in [2.45, 2.75) is 19.9 Å². The van der Waals surface area contributed by atoms with E-state index >= 15 is 0 Å². The van der Waals surface area contributed by atoms with Gasteiger partial charge < -0.3 is 15.4 Å². The number of hydrogen-bond acceptors (Lipinski definition) is 6. The number of rotatable bonds is 4. The second-order valence-corrected chi connectivity index (χ2v) is 4.96. The first-order valence-electron chi connectivity index (χ1n) is 6.72. The van der Waals surface area contributed by atoms with Crippen LogP contribution >= 0.6 is 0 Å². The van der Waals surface area contributed by atoms with E-state index in [1.165, 1.54) is 0 Å². The van der Waals surface area contributed by atoms with Crippen LogP contribution < -0.4 is 15.4 Å². The average Bonchev–Trinajstić information content (AvgIpc) is 2.46. The molecule has 106 valence electrons. The second-order valence-electron chi connectivity index (χ2n) is 4.96. The fraction of sp³-hybridized carbons (Fsp3) is 0.692. The van der Waals surface area contributed by atoms with Gasteiger partial charge in [0.25, 0.3) is 0 Å². The summed E-state index contributed by atoms with van der Waals surface area (Å²) in [5.41, 5.74) is 6.64. The summed E-state index contributed by atoms with van der Waals surface area (Å²) < 4.78 is 5.20. The standard InChI is InChI=1S/C13H23N5O/c1-10-8-12(19-3)16-13(15-10)18-6-4-17(5-7-18)11(2)9-14/h8,11H,4-7,9,14H2,1-3H3. The molecular weight excluding hydrogens is 242 g/mol. The van der Waals surface area contributed by atoms with E-state index in [1.807, 2.05) is 13.0 Å². The summed E-state index contributed by atoms with van der Waals surface area (Å²) in [6.45, 7) is 8.68. The Balaban J connectivity index is 2.03. The summed E-state index contributed by atoms with van der Waals surface area (Å²) in [6, 6.07) is 2.28. The van der Waals surface area contributed by atoms with E-state index in [0.29, 0.717) is 18.5 Å². The van der Waals surface area contributed by atoms with Crippen LogP contribution in [0.15, 0.2) is 6.07 Å². The summed E-state index contributed by atoms with van der Waals surface area (Å²) in [5.74, 6) is 1.39. The molecular formula is C13H23N5O. The fourth-order valence-electron chi connectivity index (χ4n) is 2.28. The van der Waals surface area contributed by atoms with Crippen LogP contribution in [0.2, 0.25) is 0 Å². The maximum absolute atomic E-state index is 5.71. The molecule has 6 heteroatoms. The zero-order valence-corrected chi connectivity index (χ0v) is 12.0. The van der Waals surface area contributed by atoms with Crippen molar-refractivity contribution in [3.63, 3.8) is 0 Å². The van der Waals surface area contributed by atoms with Crippen molar-refractivity contribution < 1.29 is 4.74 Å². The first-order valence-corrected chi connectivity index (χ1v) is 6.72. The van der Waals surface area contributed by atoms with Crippen LogP contribution in [0.5, 0.6) is 5.88 Å². The predicted molar refractivity (Wildman–Crippen MR) is 75.6 cm³/mol. The zero-order valence-electron chi connectivity index (χ0n) is 12.0. The first-order chi connectivity index (χ1) is 9.13.